The normalized spacial score (nSPS) is 12.2. The SMILES string of the molecule is CN(C[C@H](N)C(=O)O)c1ccc(Cl)cc1. The van der Waals surface area contributed by atoms with Gasteiger partial charge in [0.1, 0.15) is 6.04 Å². The van der Waals surface area contributed by atoms with E-state index in [1.165, 1.54) is 0 Å². The molecule has 1 rings (SSSR count). The van der Waals surface area contributed by atoms with Crippen LogP contribution in [0.2, 0.25) is 5.02 Å². The van der Waals surface area contributed by atoms with E-state index in [0.29, 0.717) is 5.02 Å². The number of benzene rings is 1. The zero-order chi connectivity index (χ0) is 11.4. The molecule has 82 valence electrons. The van der Waals surface area contributed by atoms with Crippen LogP contribution in [0.4, 0.5) is 5.69 Å². The number of nitrogens with zero attached hydrogens (tertiary/aromatic N) is 1. The number of halogens is 1. The largest absolute Gasteiger partial charge is 0.480 e. The van der Waals surface area contributed by atoms with Crippen LogP contribution < -0.4 is 10.6 Å². The molecule has 0 heterocycles. The summed E-state index contributed by atoms with van der Waals surface area (Å²) in [5.41, 5.74) is 6.30. The van der Waals surface area contributed by atoms with Gasteiger partial charge in [0.05, 0.1) is 0 Å². The number of hydrogen-bond donors (Lipinski definition) is 2. The molecule has 5 heteroatoms. The summed E-state index contributed by atoms with van der Waals surface area (Å²) in [6, 6.07) is 6.25. The maximum Gasteiger partial charge on any atom is 0.322 e. The first-order chi connectivity index (χ1) is 7.00. The third-order valence-electron chi connectivity index (χ3n) is 2.06. The number of aliphatic carboxylic acids is 1. The van der Waals surface area contributed by atoms with Gasteiger partial charge in [-0.05, 0) is 24.3 Å². The summed E-state index contributed by atoms with van der Waals surface area (Å²) in [6.45, 7) is 0.261. The van der Waals surface area contributed by atoms with Crippen molar-refractivity contribution in [1.82, 2.24) is 0 Å². The van der Waals surface area contributed by atoms with Gasteiger partial charge in [-0.2, -0.15) is 0 Å². The highest BCUT2D eigenvalue weighted by molar-refractivity contribution is 6.30. The average Bonchev–Trinajstić information content (AvgIpc) is 2.18. The highest BCUT2D eigenvalue weighted by Gasteiger charge is 2.14. The lowest BCUT2D eigenvalue weighted by Gasteiger charge is -2.21. The molecule has 0 saturated heterocycles. The fourth-order valence-electron chi connectivity index (χ4n) is 1.17. The number of carboxylic acid groups (broad SMARTS) is 1. The molecule has 1 aromatic rings. The Balaban J connectivity index is 2.64. The molecule has 1 aromatic carbocycles. The molecule has 1 atom stereocenters. The van der Waals surface area contributed by atoms with E-state index in [1.807, 2.05) is 12.1 Å². The number of anilines is 1. The molecule has 0 amide bonds. The van der Waals surface area contributed by atoms with Crippen LogP contribution in [0, 0.1) is 0 Å². The molecule has 15 heavy (non-hydrogen) atoms. The number of carboxylic acids is 1. The monoisotopic (exact) mass is 228 g/mol. The molecule has 0 bridgehead atoms. The Labute approximate surface area is 93.2 Å². The Hall–Kier alpha value is -1.26. The molecule has 0 radical (unpaired) electrons. The second-order valence-electron chi connectivity index (χ2n) is 3.30. The van der Waals surface area contributed by atoms with E-state index in [1.54, 1.807) is 24.1 Å². The summed E-state index contributed by atoms with van der Waals surface area (Å²) in [5.74, 6) is -1.00. The van der Waals surface area contributed by atoms with Crippen LogP contribution in [0.3, 0.4) is 0 Å². The first-order valence-electron chi connectivity index (χ1n) is 4.46. The van der Waals surface area contributed by atoms with Crippen LogP contribution in [0.5, 0.6) is 0 Å². The van der Waals surface area contributed by atoms with Crippen molar-refractivity contribution < 1.29 is 9.90 Å². The smallest absolute Gasteiger partial charge is 0.322 e. The summed E-state index contributed by atoms with van der Waals surface area (Å²) >= 11 is 5.74. The van der Waals surface area contributed by atoms with Gasteiger partial charge < -0.3 is 15.7 Å². The summed E-state index contributed by atoms with van der Waals surface area (Å²) in [6.07, 6.45) is 0. The maximum absolute atomic E-state index is 10.5. The van der Waals surface area contributed by atoms with Crippen LogP contribution in [0.1, 0.15) is 0 Å². The quantitative estimate of drug-likeness (QED) is 0.813. The Bertz CT molecular complexity index is 340. The Kier molecular flexibility index (Phi) is 3.94. The van der Waals surface area contributed by atoms with Crippen molar-refractivity contribution in [2.45, 2.75) is 6.04 Å². The van der Waals surface area contributed by atoms with E-state index in [-0.39, 0.29) is 6.54 Å². The average molecular weight is 229 g/mol. The van der Waals surface area contributed by atoms with Crippen molar-refractivity contribution in [3.8, 4) is 0 Å². The second kappa shape index (κ2) is 5.00. The lowest BCUT2D eigenvalue weighted by Crippen LogP contribution is -2.41. The number of nitrogens with two attached hydrogens (primary N) is 1. The fourth-order valence-corrected chi connectivity index (χ4v) is 1.30. The Morgan fingerprint density at radius 1 is 1.53 bits per heavy atom. The van der Waals surface area contributed by atoms with Crippen LogP contribution >= 0.6 is 11.6 Å². The molecular formula is C10H13ClN2O2. The minimum atomic E-state index is -1.00. The lowest BCUT2D eigenvalue weighted by atomic mass is 10.2. The Morgan fingerprint density at radius 3 is 2.53 bits per heavy atom. The van der Waals surface area contributed by atoms with E-state index in [0.717, 1.165) is 5.69 Å². The second-order valence-corrected chi connectivity index (χ2v) is 3.74. The van der Waals surface area contributed by atoms with Gasteiger partial charge in [0.25, 0.3) is 0 Å². The van der Waals surface area contributed by atoms with Crippen LogP contribution in [0.25, 0.3) is 0 Å². The number of hydrogen-bond acceptors (Lipinski definition) is 3. The predicted octanol–water partition coefficient (Wildman–Crippen LogP) is 1.19. The molecule has 0 aliphatic carbocycles. The van der Waals surface area contributed by atoms with Gasteiger partial charge in [-0.15, -0.1) is 0 Å². The van der Waals surface area contributed by atoms with E-state index in [4.69, 9.17) is 22.4 Å². The standard InChI is InChI=1S/C10H13ClN2O2/c1-13(6-9(12)10(14)15)8-4-2-7(11)3-5-8/h2-5,9H,6,12H2,1H3,(H,14,15)/t9-/m0/s1. The molecule has 0 fully saturated rings. The topological polar surface area (TPSA) is 66.6 Å². The molecular weight excluding hydrogens is 216 g/mol. The van der Waals surface area contributed by atoms with Crippen LogP contribution in [-0.2, 0) is 4.79 Å². The van der Waals surface area contributed by atoms with Crippen molar-refractivity contribution in [2.24, 2.45) is 5.73 Å². The van der Waals surface area contributed by atoms with Gasteiger partial charge in [0.2, 0.25) is 0 Å². The van der Waals surface area contributed by atoms with Crippen molar-refractivity contribution >= 4 is 23.3 Å². The van der Waals surface area contributed by atoms with Gasteiger partial charge in [-0.3, -0.25) is 4.79 Å². The highest BCUT2D eigenvalue weighted by atomic mass is 35.5. The van der Waals surface area contributed by atoms with Crippen LogP contribution in [0.15, 0.2) is 24.3 Å². The third kappa shape index (κ3) is 3.42. The maximum atomic E-state index is 10.5. The van der Waals surface area contributed by atoms with Crippen LogP contribution in [-0.4, -0.2) is 30.7 Å². The molecule has 0 unspecified atom stereocenters. The summed E-state index contributed by atoms with van der Waals surface area (Å²) in [4.78, 5) is 12.3. The fraction of sp³-hybridized carbons (Fsp3) is 0.300. The van der Waals surface area contributed by atoms with Crippen molar-refractivity contribution in [3.63, 3.8) is 0 Å². The molecule has 0 spiro atoms. The summed E-state index contributed by atoms with van der Waals surface area (Å²) < 4.78 is 0. The number of carbonyl (C=O) groups is 1. The number of rotatable bonds is 4. The summed E-state index contributed by atoms with van der Waals surface area (Å²) in [7, 11) is 1.78. The van der Waals surface area contributed by atoms with Crippen molar-refractivity contribution in [1.29, 1.82) is 0 Å². The lowest BCUT2D eigenvalue weighted by molar-refractivity contribution is -0.138. The molecule has 0 aliphatic heterocycles. The Morgan fingerprint density at radius 2 is 2.07 bits per heavy atom. The third-order valence-corrected chi connectivity index (χ3v) is 2.31. The zero-order valence-corrected chi connectivity index (χ0v) is 9.11. The van der Waals surface area contributed by atoms with E-state index >= 15 is 0 Å². The van der Waals surface area contributed by atoms with E-state index in [9.17, 15) is 4.79 Å². The van der Waals surface area contributed by atoms with E-state index in [2.05, 4.69) is 0 Å². The summed E-state index contributed by atoms with van der Waals surface area (Å²) in [5, 5.41) is 9.30. The van der Waals surface area contributed by atoms with Crippen molar-refractivity contribution in [3.05, 3.63) is 29.3 Å². The van der Waals surface area contributed by atoms with Crippen molar-refractivity contribution in [2.75, 3.05) is 18.5 Å². The first kappa shape index (κ1) is 11.8. The molecule has 0 aromatic heterocycles. The number of likely N-dealkylation sites (N-methyl/N-ethyl adjacent to an activating group) is 1. The molecule has 3 N–H and O–H groups in total. The molecule has 4 nitrogen and oxygen atoms in total. The highest BCUT2D eigenvalue weighted by Crippen LogP contribution is 2.16. The van der Waals surface area contributed by atoms with E-state index < -0.39 is 12.0 Å². The minimum absolute atomic E-state index is 0.261. The van der Waals surface area contributed by atoms with Gasteiger partial charge in [-0.25, -0.2) is 0 Å². The first-order valence-corrected chi connectivity index (χ1v) is 4.83. The van der Waals surface area contributed by atoms with Gasteiger partial charge >= 0.3 is 5.97 Å². The molecule has 0 aliphatic rings. The predicted molar refractivity (Wildman–Crippen MR) is 60.3 cm³/mol. The minimum Gasteiger partial charge on any atom is -0.480 e. The van der Waals surface area contributed by atoms with Gasteiger partial charge in [0, 0.05) is 24.3 Å². The zero-order valence-electron chi connectivity index (χ0n) is 8.35. The van der Waals surface area contributed by atoms with Gasteiger partial charge in [-0.1, -0.05) is 11.6 Å². The van der Waals surface area contributed by atoms with Gasteiger partial charge in [0.15, 0.2) is 0 Å². The molecule has 0 saturated carbocycles.